The van der Waals surface area contributed by atoms with Gasteiger partial charge in [0.15, 0.2) is 0 Å². The molecule has 0 fully saturated rings. The molecule has 40 heavy (non-hydrogen) atoms. The molecule has 0 atom stereocenters. The number of fused-ring (bicyclic) bond motifs is 1. The summed E-state index contributed by atoms with van der Waals surface area (Å²) in [6, 6.07) is 20.7. The van der Waals surface area contributed by atoms with E-state index in [-0.39, 0.29) is 36.9 Å². The van der Waals surface area contributed by atoms with Crippen LogP contribution in [0.4, 0.5) is 0 Å². The molecule has 1 aliphatic heterocycles. The van der Waals surface area contributed by atoms with E-state index in [0.717, 1.165) is 5.56 Å². The van der Waals surface area contributed by atoms with Crippen molar-refractivity contribution in [1.29, 1.82) is 5.26 Å². The zero-order valence-electron chi connectivity index (χ0n) is 21.4. The second-order valence-electron chi connectivity index (χ2n) is 9.11. The summed E-state index contributed by atoms with van der Waals surface area (Å²) >= 11 is 9.55. The van der Waals surface area contributed by atoms with Crippen LogP contribution in [-0.4, -0.2) is 39.5 Å². The molecule has 0 unspecified atom stereocenters. The first-order chi connectivity index (χ1) is 19.3. The first-order valence-electron chi connectivity index (χ1n) is 12.3. The minimum atomic E-state index is -0.466. The van der Waals surface area contributed by atoms with Crippen molar-refractivity contribution in [3.8, 4) is 17.5 Å². The molecule has 0 bridgehead atoms. The van der Waals surface area contributed by atoms with Crippen LogP contribution in [-0.2, 0) is 19.6 Å². The lowest BCUT2D eigenvalue weighted by atomic mass is 10.1. The third-order valence-electron chi connectivity index (χ3n) is 6.71. The number of carbonyl (C=O) groups excluding carboxylic acids is 2. The summed E-state index contributed by atoms with van der Waals surface area (Å²) in [6.45, 7) is 0.762. The predicted octanol–water partition coefficient (Wildman–Crippen LogP) is 4.52. The smallest absolute Gasteiger partial charge is 0.333 e. The molecule has 202 valence electrons. The van der Waals surface area contributed by atoms with E-state index in [1.165, 1.54) is 4.57 Å². The molecule has 9 nitrogen and oxygen atoms in total. The fraction of sp³-hybridized carbons (Fsp3) is 0.172. The van der Waals surface area contributed by atoms with Crippen molar-refractivity contribution in [2.24, 2.45) is 0 Å². The third-order valence-corrected chi connectivity index (χ3v) is 7.95. The first kappa shape index (κ1) is 27.2. The van der Waals surface area contributed by atoms with Crippen molar-refractivity contribution in [1.82, 2.24) is 19.4 Å². The van der Waals surface area contributed by atoms with Gasteiger partial charge in [-0.25, -0.2) is 4.79 Å². The number of carbonyl (C=O) groups is 2. The quantitative estimate of drug-likeness (QED) is 0.341. The number of halogens is 2. The highest BCUT2D eigenvalue weighted by Gasteiger charge is 2.32. The SMILES string of the molecule is COc1ccc(-n2c(C(=O)NCc3ccc(C#N)cc3)c3n(c2=O)CCN(C(=O)c2ccc(Br)c(Cl)c2)C3)cc1. The number of hydrogen-bond acceptors (Lipinski definition) is 5. The lowest BCUT2D eigenvalue weighted by molar-refractivity contribution is 0.0706. The number of hydrogen-bond donors (Lipinski definition) is 1. The number of methoxy groups -OCH3 is 1. The van der Waals surface area contributed by atoms with Gasteiger partial charge in [0, 0.05) is 29.7 Å². The average molecular weight is 621 g/mol. The van der Waals surface area contributed by atoms with Gasteiger partial charge < -0.3 is 15.0 Å². The summed E-state index contributed by atoms with van der Waals surface area (Å²) in [7, 11) is 1.55. The van der Waals surface area contributed by atoms with E-state index in [0.29, 0.717) is 44.3 Å². The van der Waals surface area contributed by atoms with E-state index >= 15 is 0 Å². The Morgan fingerprint density at radius 2 is 1.80 bits per heavy atom. The summed E-state index contributed by atoms with van der Waals surface area (Å²) in [5.41, 5.74) is 2.42. The highest BCUT2D eigenvalue weighted by atomic mass is 79.9. The van der Waals surface area contributed by atoms with Gasteiger partial charge in [-0.2, -0.15) is 5.26 Å². The van der Waals surface area contributed by atoms with Crippen LogP contribution in [0.15, 0.2) is 76.0 Å². The Balaban J connectivity index is 1.52. The van der Waals surface area contributed by atoms with Crippen LogP contribution in [0.25, 0.3) is 5.69 Å². The number of rotatable bonds is 6. The van der Waals surface area contributed by atoms with Crippen molar-refractivity contribution in [3.05, 3.63) is 115 Å². The van der Waals surface area contributed by atoms with E-state index in [2.05, 4.69) is 27.3 Å². The fourth-order valence-electron chi connectivity index (χ4n) is 4.61. The van der Waals surface area contributed by atoms with Crippen LogP contribution in [0.1, 0.15) is 37.7 Å². The summed E-state index contributed by atoms with van der Waals surface area (Å²) in [5.74, 6) is -0.112. The molecule has 2 amide bonds. The van der Waals surface area contributed by atoms with Crippen molar-refractivity contribution in [2.75, 3.05) is 13.7 Å². The molecule has 1 N–H and O–H groups in total. The zero-order valence-corrected chi connectivity index (χ0v) is 23.7. The van der Waals surface area contributed by atoms with Gasteiger partial charge in [-0.15, -0.1) is 0 Å². The Morgan fingerprint density at radius 3 is 2.45 bits per heavy atom. The van der Waals surface area contributed by atoms with E-state index in [9.17, 15) is 14.4 Å². The molecule has 3 aromatic carbocycles. The molecule has 1 aliphatic rings. The Hall–Kier alpha value is -4.33. The maximum absolute atomic E-state index is 13.7. The van der Waals surface area contributed by atoms with Gasteiger partial charge in [-0.3, -0.25) is 18.7 Å². The lowest BCUT2D eigenvalue weighted by Gasteiger charge is -2.28. The predicted molar refractivity (Wildman–Crippen MR) is 153 cm³/mol. The van der Waals surface area contributed by atoms with Gasteiger partial charge in [-0.1, -0.05) is 23.7 Å². The zero-order chi connectivity index (χ0) is 28.4. The first-order valence-corrected chi connectivity index (χ1v) is 13.5. The molecular weight excluding hydrogens is 598 g/mol. The number of imidazole rings is 1. The van der Waals surface area contributed by atoms with Gasteiger partial charge in [-0.05, 0) is 76.1 Å². The normalized spacial score (nSPS) is 12.4. The van der Waals surface area contributed by atoms with Gasteiger partial charge in [0.05, 0.1) is 41.7 Å². The maximum Gasteiger partial charge on any atom is 0.333 e. The topological polar surface area (TPSA) is 109 Å². The van der Waals surface area contributed by atoms with E-state index < -0.39 is 5.91 Å². The van der Waals surface area contributed by atoms with Gasteiger partial charge in [0.1, 0.15) is 11.4 Å². The van der Waals surface area contributed by atoms with Crippen LogP contribution in [0.2, 0.25) is 5.02 Å². The standard InChI is InChI=1S/C29H23BrClN5O4/c1-40-22-9-7-21(8-10-22)36-26(27(37)33-16-19-4-2-18(15-32)3-5-19)25-17-34(12-13-35(25)29(36)39)28(38)20-6-11-23(30)24(31)14-20/h2-11,14H,12-13,16-17H2,1H3,(H,33,37). The van der Waals surface area contributed by atoms with Gasteiger partial charge >= 0.3 is 5.69 Å². The Bertz CT molecular complexity index is 1700. The monoisotopic (exact) mass is 619 g/mol. The van der Waals surface area contributed by atoms with Crippen molar-refractivity contribution < 1.29 is 14.3 Å². The van der Waals surface area contributed by atoms with Gasteiger partial charge in [0.25, 0.3) is 11.8 Å². The van der Waals surface area contributed by atoms with Crippen molar-refractivity contribution >= 4 is 39.3 Å². The van der Waals surface area contributed by atoms with E-state index in [4.69, 9.17) is 21.6 Å². The number of ether oxygens (including phenoxy) is 1. The molecule has 0 spiro atoms. The van der Waals surface area contributed by atoms with Crippen LogP contribution in [0.3, 0.4) is 0 Å². The lowest BCUT2D eigenvalue weighted by Crippen LogP contribution is -2.41. The number of nitrogens with one attached hydrogen (secondary N) is 1. The number of nitriles is 1. The summed E-state index contributed by atoms with van der Waals surface area (Å²) < 4.78 is 8.83. The van der Waals surface area contributed by atoms with Gasteiger partial charge in [0.2, 0.25) is 0 Å². The molecule has 11 heteroatoms. The minimum Gasteiger partial charge on any atom is -0.497 e. The van der Waals surface area contributed by atoms with Crippen molar-refractivity contribution in [3.63, 3.8) is 0 Å². The molecule has 5 rings (SSSR count). The summed E-state index contributed by atoms with van der Waals surface area (Å²) in [6.07, 6.45) is 0. The number of aromatic nitrogens is 2. The van der Waals surface area contributed by atoms with E-state index in [1.807, 2.05) is 0 Å². The fourth-order valence-corrected chi connectivity index (χ4v) is 5.04. The summed E-state index contributed by atoms with van der Waals surface area (Å²) in [4.78, 5) is 42.3. The molecule has 4 aromatic rings. The van der Waals surface area contributed by atoms with Crippen LogP contribution < -0.4 is 15.7 Å². The molecule has 0 saturated heterocycles. The third kappa shape index (κ3) is 5.26. The number of benzene rings is 3. The average Bonchev–Trinajstić information content (AvgIpc) is 3.28. The maximum atomic E-state index is 13.7. The summed E-state index contributed by atoms with van der Waals surface area (Å²) in [5, 5.41) is 12.3. The number of amides is 2. The van der Waals surface area contributed by atoms with Crippen LogP contribution >= 0.6 is 27.5 Å². The minimum absolute atomic E-state index is 0.0601. The Labute approximate surface area is 243 Å². The number of nitrogens with zero attached hydrogens (tertiary/aromatic N) is 4. The molecule has 0 saturated carbocycles. The molecular formula is C29H23BrClN5O4. The Morgan fingerprint density at radius 1 is 1.07 bits per heavy atom. The van der Waals surface area contributed by atoms with E-state index in [1.54, 1.807) is 83.3 Å². The molecule has 0 radical (unpaired) electrons. The molecule has 1 aromatic heterocycles. The highest BCUT2D eigenvalue weighted by Crippen LogP contribution is 2.26. The highest BCUT2D eigenvalue weighted by molar-refractivity contribution is 9.10. The Kier molecular flexibility index (Phi) is 7.78. The largest absolute Gasteiger partial charge is 0.497 e. The molecule has 0 aliphatic carbocycles. The second kappa shape index (κ2) is 11.4. The molecule has 2 heterocycles. The van der Waals surface area contributed by atoms with Crippen molar-refractivity contribution in [2.45, 2.75) is 19.6 Å². The second-order valence-corrected chi connectivity index (χ2v) is 10.4. The van der Waals surface area contributed by atoms with Crippen LogP contribution in [0, 0.1) is 11.3 Å². The van der Waals surface area contributed by atoms with Crippen LogP contribution in [0.5, 0.6) is 5.75 Å².